The van der Waals surface area contributed by atoms with E-state index in [1.807, 2.05) is 23.1 Å². The summed E-state index contributed by atoms with van der Waals surface area (Å²) >= 11 is 3.29. The van der Waals surface area contributed by atoms with E-state index in [9.17, 15) is 9.90 Å². The van der Waals surface area contributed by atoms with E-state index >= 15 is 0 Å². The number of carboxylic acid groups (broad SMARTS) is 1. The van der Waals surface area contributed by atoms with Gasteiger partial charge in [0.2, 0.25) is 0 Å². The highest BCUT2D eigenvalue weighted by Crippen LogP contribution is 2.17. The Balaban J connectivity index is 2.13. The van der Waals surface area contributed by atoms with Gasteiger partial charge in [0.1, 0.15) is 10.4 Å². The SMILES string of the molecule is O=C(O)N1CCN(c2cccc(Br)n2)CC(O)C1. The van der Waals surface area contributed by atoms with E-state index in [4.69, 9.17) is 5.11 Å². The Bertz CT molecular complexity index is 443. The lowest BCUT2D eigenvalue weighted by atomic mass is 10.3. The molecular formula is C11H14BrN3O3. The number of anilines is 1. The molecule has 2 N–H and O–H groups in total. The van der Waals surface area contributed by atoms with E-state index < -0.39 is 12.2 Å². The third-order valence-electron chi connectivity index (χ3n) is 2.80. The summed E-state index contributed by atoms with van der Waals surface area (Å²) in [4.78, 5) is 18.3. The zero-order valence-electron chi connectivity index (χ0n) is 9.66. The van der Waals surface area contributed by atoms with Crippen LogP contribution in [0, 0.1) is 0 Å². The van der Waals surface area contributed by atoms with Crippen LogP contribution < -0.4 is 4.90 Å². The van der Waals surface area contributed by atoms with Crippen molar-refractivity contribution in [1.82, 2.24) is 9.88 Å². The first kappa shape index (κ1) is 13.1. The predicted molar refractivity (Wildman–Crippen MR) is 69.8 cm³/mol. The molecule has 0 radical (unpaired) electrons. The third-order valence-corrected chi connectivity index (χ3v) is 3.24. The molecule has 2 heterocycles. The second kappa shape index (κ2) is 5.53. The second-order valence-corrected chi connectivity index (χ2v) is 4.96. The molecule has 1 aromatic rings. The molecule has 0 aromatic carbocycles. The number of aromatic nitrogens is 1. The standard InChI is InChI=1S/C11H14BrN3O3/c12-9-2-1-3-10(13-9)14-4-5-15(11(17)18)7-8(16)6-14/h1-3,8,16H,4-7H2,(H,17,18). The van der Waals surface area contributed by atoms with Gasteiger partial charge in [0, 0.05) is 19.6 Å². The summed E-state index contributed by atoms with van der Waals surface area (Å²) in [5, 5.41) is 18.8. The van der Waals surface area contributed by atoms with Crippen molar-refractivity contribution in [3.63, 3.8) is 0 Å². The zero-order valence-corrected chi connectivity index (χ0v) is 11.2. The lowest BCUT2D eigenvalue weighted by Crippen LogP contribution is -2.36. The van der Waals surface area contributed by atoms with Gasteiger partial charge in [0.05, 0.1) is 12.6 Å². The first-order chi connectivity index (χ1) is 8.56. The number of nitrogens with zero attached hydrogens (tertiary/aromatic N) is 3. The van der Waals surface area contributed by atoms with Crippen molar-refractivity contribution in [1.29, 1.82) is 0 Å². The number of β-amino-alcohol motifs (C(OH)–C–C–N with tert-alkyl or cyclic N) is 1. The van der Waals surface area contributed by atoms with Crippen LogP contribution in [0.5, 0.6) is 0 Å². The summed E-state index contributed by atoms with van der Waals surface area (Å²) in [5.74, 6) is 0.732. The number of hydrogen-bond donors (Lipinski definition) is 2. The normalized spacial score (nSPS) is 20.7. The largest absolute Gasteiger partial charge is 0.465 e. The minimum Gasteiger partial charge on any atom is -0.465 e. The van der Waals surface area contributed by atoms with E-state index in [0.29, 0.717) is 24.2 Å². The van der Waals surface area contributed by atoms with Gasteiger partial charge in [-0.25, -0.2) is 9.78 Å². The minimum absolute atomic E-state index is 0.139. The number of pyridine rings is 1. The molecule has 98 valence electrons. The van der Waals surface area contributed by atoms with Crippen molar-refractivity contribution >= 4 is 27.8 Å². The van der Waals surface area contributed by atoms with E-state index in [-0.39, 0.29) is 6.54 Å². The van der Waals surface area contributed by atoms with E-state index in [1.54, 1.807) is 0 Å². The molecule has 1 aliphatic rings. The lowest BCUT2D eigenvalue weighted by Gasteiger charge is -2.22. The van der Waals surface area contributed by atoms with Gasteiger partial charge in [-0.05, 0) is 28.1 Å². The molecule has 0 bridgehead atoms. The maximum Gasteiger partial charge on any atom is 0.407 e. The second-order valence-electron chi connectivity index (χ2n) is 4.15. The smallest absolute Gasteiger partial charge is 0.407 e. The fraction of sp³-hybridized carbons (Fsp3) is 0.455. The maximum atomic E-state index is 10.9. The van der Waals surface area contributed by atoms with Crippen molar-refractivity contribution in [2.24, 2.45) is 0 Å². The Morgan fingerprint density at radius 1 is 1.39 bits per heavy atom. The molecule has 1 unspecified atom stereocenters. The fourth-order valence-corrected chi connectivity index (χ4v) is 2.28. The van der Waals surface area contributed by atoms with Crippen molar-refractivity contribution < 1.29 is 15.0 Å². The lowest BCUT2D eigenvalue weighted by molar-refractivity contribution is 0.110. The molecule has 0 spiro atoms. The van der Waals surface area contributed by atoms with Crippen LogP contribution >= 0.6 is 15.9 Å². The van der Waals surface area contributed by atoms with Crippen molar-refractivity contribution in [2.75, 3.05) is 31.1 Å². The number of rotatable bonds is 1. The van der Waals surface area contributed by atoms with Crippen LogP contribution in [0.1, 0.15) is 0 Å². The van der Waals surface area contributed by atoms with Crippen LogP contribution in [-0.4, -0.2) is 58.5 Å². The molecule has 2 rings (SSSR count). The molecule has 0 aliphatic carbocycles. The van der Waals surface area contributed by atoms with Crippen LogP contribution in [-0.2, 0) is 0 Å². The summed E-state index contributed by atoms with van der Waals surface area (Å²) in [5.41, 5.74) is 0. The average molecular weight is 316 g/mol. The first-order valence-electron chi connectivity index (χ1n) is 5.59. The van der Waals surface area contributed by atoms with E-state index in [0.717, 1.165) is 5.82 Å². The van der Waals surface area contributed by atoms with Crippen LogP contribution in [0.3, 0.4) is 0 Å². The number of carbonyl (C=O) groups is 1. The highest BCUT2D eigenvalue weighted by atomic mass is 79.9. The van der Waals surface area contributed by atoms with Gasteiger partial charge in [-0.2, -0.15) is 0 Å². The van der Waals surface area contributed by atoms with Crippen molar-refractivity contribution in [3.8, 4) is 0 Å². The zero-order chi connectivity index (χ0) is 13.1. The number of aliphatic hydroxyl groups is 1. The monoisotopic (exact) mass is 315 g/mol. The fourth-order valence-electron chi connectivity index (χ4n) is 1.95. The van der Waals surface area contributed by atoms with Gasteiger partial charge in [0.15, 0.2) is 0 Å². The van der Waals surface area contributed by atoms with Crippen LogP contribution in [0.15, 0.2) is 22.8 Å². The predicted octanol–water partition coefficient (Wildman–Crippen LogP) is 1.01. The maximum absolute atomic E-state index is 10.9. The average Bonchev–Trinajstić information content (AvgIpc) is 2.51. The molecule has 1 aliphatic heterocycles. The molecule has 1 aromatic heterocycles. The molecular weight excluding hydrogens is 302 g/mol. The minimum atomic E-state index is -1.00. The molecule has 6 nitrogen and oxygen atoms in total. The Labute approximate surface area is 113 Å². The van der Waals surface area contributed by atoms with Gasteiger partial charge in [-0.3, -0.25) is 0 Å². The van der Waals surface area contributed by atoms with Crippen LogP contribution in [0.25, 0.3) is 0 Å². The third kappa shape index (κ3) is 3.11. The van der Waals surface area contributed by atoms with Gasteiger partial charge in [-0.15, -0.1) is 0 Å². The Morgan fingerprint density at radius 2 is 2.17 bits per heavy atom. The Morgan fingerprint density at radius 3 is 2.83 bits per heavy atom. The molecule has 1 saturated heterocycles. The van der Waals surface area contributed by atoms with Crippen LogP contribution in [0.2, 0.25) is 0 Å². The van der Waals surface area contributed by atoms with E-state index in [2.05, 4.69) is 20.9 Å². The highest BCUT2D eigenvalue weighted by molar-refractivity contribution is 9.10. The van der Waals surface area contributed by atoms with Crippen molar-refractivity contribution in [3.05, 3.63) is 22.8 Å². The number of hydrogen-bond acceptors (Lipinski definition) is 4. The van der Waals surface area contributed by atoms with Gasteiger partial charge in [-0.1, -0.05) is 6.07 Å². The van der Waals surface area contributed by atoms with Crippen LogP contribution in [0.4, 0.5) is 10.6 Å². The summed E-state index contributed by atoms with van der Waals surface area (Å²) in [6, 6.07) is 5.52. The Kier molecular flexibility index (Phi) is 4.03. The molecule has 1 amide bonds. The summed E-state index contributed by atoms with van der Waals surface area (Å²) < 4.78 is 0.717. The number of aliphatic hydroxyl groups excluding tert-OH is 1. The van der Waals surface area contributed by atoms with Gasteiger partial charge >= 0.3 is 6.09 Å². The summed E-state index contributed by atoms with van der Waals surface area (Å²) in [6.45, 7) is 1.40. The first-order valence-corrected chi connectivity index (χ1v) is 6.39. The number of halogens is 1. The molecule has 1 fully saturated rings. The van der Waals surface area contributed by atoms with Crippen molar-refractivity contribution in [2.45, 2.75) is 6.10 Å². The van der Waals surface area contributed by atoms with Gasteiger partial charge in [0.25, 0.3) is 0 Å². The Hall–Kier alpha value is -1.34. The number of amides is 1. The summed E-state index contributed by atoms with van der Waals surface area (Å²) in [6.07, 6.45) is -1.71. The molecule has 1 atom stereocenters. The summed E-state index contributed by atoms with van der Waals surface area (Å²) in [7, 11) is 0. The molecule has 7 heteroatoms. The highest BCUT2D eigenvalue weighted by Gasteiger charge is 2.24. The molecule has 18 heavy (non-hydrogen) atoms. The quantitative estimate of drug-likeness (QED) is 0.756. The molecule has 0 saturated carbocycles. The van der Waals surface area contributed by atoms with E-state index in [1.165, 1.54) is 4.90 Å². The van der Waals surface area contributed by atoms with Gasteiger partial charge < -0.3 is 20.0 Å². The topological polar surface area (TPSA) is 76.9 Å².